The van der Waals surface area contributed by atoms with Gasteiger partial charge in [0, 0.05) is 13.0 Å². The van der Waals surface area contributed by atoms with Crippen LogP contribution in [-0.4, -0.2) is 19.9 Å². The molecule has 2 rings (SSSR count). The van der Waals surface area contributed by atoms with Gasteiger partial charge in [-0.3, -0.25) is 0 Å². The number of nitrogens with zero attached hydrogens (tertiary/aromatic N) is 3. The Labute approximate surface area is 109 Å². The average Bonchev–Trinajstić information content (AvgIpc) is 2.78. The van der Waals surface area contributed by atoms with Crippen molar-refractivity contribution in [3.63, 3.8) is 0 Å². The molecule has 0 bridgehead atoms. The van der Waals surface area contributed by atoms with E-state index in [-0.39, 0.29) is 6.61 Å². The molecule has 0 aromatic carbocycles. The Morgan fingerprint density at radius 3 is 2.50 bits per heavy atom. The number of aromatic nitrogens is 3. The summed E-state index contributed by atoms with van der Waals surface area (Å²) < 4.78 is 1.97. The van der Waals surface area contributed by atoms with E-state index >= 15 is 0 Å². The molecule has 0 saturated heterocycles. The van der Waals surface area contributed by atoms with E-state index in [1.54, 1.807) is 0 Å². The van der Waals surface area contributed by atoms with Gasteiger partial charge in [0.1, 0.15) is 12.4 Å². The lowest BCUT2D eigenvalue weighted by Crippen LogP contribution is -2.16. The molecule has 0 radical (unpaired) electrons. The Bertz CT molecular complexity index is 367. The van der Waals surface area contributed by atoms with Crippen LogP contribution in [0, 0.1) is 5.92 Å². The van der Waals surface area contributed by atoms with Gasteiger partial charge in [0.2, 0.25) is 0 Å². The van der Waals surface area contributed by atoms with Crippen LogP contribution in [-0.2, 0) is 13.7 Å². The van der Waals surface area contributed by atoms with Crippen molar-refractivity contribution in [2.24, 2.45) is 13.0 Å². The van der Waals surface area contributed by atoms with E-state index in [0.29, 0.717) is 11.7 Å². The average molecular weight is 251 g/mol. The zero-order valence-corrected chi connectivity index (χ0v) is 11.6. The minimum absolute atomic E-state index is 0.0185. The second kappa shape index (κ2) is 6.32. The molecule has 1 aromatic rings. The van der Waals surface area contributed by atoms with Gasteiger partial charge in [-0.25, -0.2) is 0 Å². The van der Waals surface area contributed by atoms with Crippen LogP contribution < -0.4 is 0 Å². The molecule has 1 heterocycles. The lowest BCUT2D eigenvalue weighted by Gasteiger charge is -2.27. The summed E-state index contributed by atoms with van der Waals surface area (Å²) in [6, 6.07) is 0. The molecule has 0 atom stereocenters. The van der Waals surface area contributed by atoms with Crippen LogP contribution in [0.4, 0.5) is 0 Å². The fraction of sp³-hybridized carbons (Fsp3) is 0.857. The molecule has 18 heavy (non-hydrogen) atoms. The summed E-state index contributed by atoms with van der Waals surface area (Å²) in [5.74, 6) is 3.21. The topological polar surface area (TPSA) is 50.9 Å². The molecular formula is C14H25N3O. The van der Waals surface area contributed by atoms with Crippen molar-refractivity contribution >= 4 is 0 Å². The first-order valence-corrected chi connectivity index (χ1v) is 7.25. The highest BCUT2D eigenvalue weighted by Gasteiger charge is 2.25. The highest BCUT2D eigenvalue weighted by atomic mass is 16.3. The predicted octanol–water partition coefficient (Wildman–Crippen LogP) is 2.77. The zero-order chi connectivity index (χ0) is 13.0. The van der Waals surface area contributed by atoms with Crippen molar-refractivity contribution in [1.82, 2.24) is 14.8 Å². The summed E-state index contributed by atoms with van der Waals surface area (Å²) in [6.07, 6.45) is 9.18. The van der Waals surface area contributed by atoms with Crippen molar-refractivity contribution < 1.29 is 5.11 Å². The third-order valence-corrected chi connectivity index (χ3v) is 4.32. The second-order valence-corrected chi connectivity index (χ2v) is 5.55. The zero-order valence-electron chi connectivity index (χ0n) is 11.6. The van der Waals surface area contributed by atoms with E-state index in [0.717, 1.165) is 11.7 Å². The number of hydrogen-bond acceptors (Lipinski definition) is 3. The van der Waals surface area contributed by atoms with E-state index in [1.807, 2.05) is 11.6 Å². The monoisotopic (exact) mass is 251 g/mol. The van der Waals surface area contributed by atoms with Gasteiger partial charge < -0.3 is 9.67 Å². The molecule has 4 nitrogen and oxygen atoms in total. The molecule has 1 aromatic heterocycles. The van der Waals surface area contributed by atoms with E-state index in [2.05, 4.69) is 17.1 Å². The van der Waals surface area contributed by atoms with Gasteiger partial charge in [0.05, 0.1) is 0 Å². The molecule has 0 unspecified atom stereocenters. The Kier molecular flexibility index (Phi) is 4.75. The van der Waals surface area contributed by atoms with Crippen molar-refractivity contribution in [2.45, 2.75) is 64.4 Å². The molecule has 1 fully saturated rings. The number of unbranched alkanes of at least 4 members (excludes halogenated alkanes) is 1. The van der Waals surface area contributed by atoms with Crippen molar-refractivity contribution in [3.8, 4) is 0 Å². The van der Waals surface area contributed by atoms with Gasteiger partial charge in [-0.1, -0.05) is 26.2 Å². The lowest BCUT2D eigenvalue weighted by atomic mass is 9.79. The van der Waals surface area contributed by atoms with Crippen LogP contribution in [0.25, 0.3) is 0 Å². The fourth-order valence-electron chi connectivity index (χ4n) is 3.07. The van der Waals surface area contributed by atoms with Gasteiger partial charge in [-0.05, 0) is 31.6 Å². The number of aliphatic hydroxyl groups is 1. The second-order valence-electron chi connectivity index (χ2n) is 5.55. The van der Waals surface area contributed by atoms with Crippen LogP contribution in [0.3, 0.4) is 0 Å². The first-order valence-electron chi connectivity index (χ1n) is 7.25. The summed E-state index contributed by atoms with van der Waals surface area (Å²) in [4.78, 5) is 0. The number of aliphatic hydroxyl groups excluding tert-OH is 1. The normalized spacial score (nSPS) is 24.4. The molecule has 0 spiro atoms. The minimum atomic E-state index is -0.0185. The fourth-order valence-corrected chi connectivity index (χ4v) is 3.07. The molecule has 1 N–H and O–H groups in total. The third kappa shape index (κ3) is 2.91. The highest BCUT2D eigenvalue weighted by Crippen LogP contribution is 2.36. The van der Waals surface area contributed by atoms with Gasteiger partial charge >= 0.3 is 0 Å². The lowest BCUT2D eigenvalue weighted by molar-refractivity contribution is 0.264. The maximum atomic E-state index is 9.15. The van der Waals surface area contributed by atoms with Gasteiger partial charge in [0.25, 0.3) is 0 Å². The molecule has 0 aliphatic heterocycles. The maximum absolute atomic E-state index is 9.15. The molecule has 102 valence electrons. The smallest absolute Gasteiger partial charge is 0.158 e. The van der Waals surface area contributed by atoms with Gasteiger partial charge in [-0.2, -0.15) is 0 Å². The Morgan fingerprint density at radius 2 is 1.94 bits per heavy atom. The summed E-state index contributed by atoms with van der Waals surface area (Å²) in [7, 11) is 1.96. The molecule has 0 amide bonds. The predicted molar refractivity (Wildman–Crippen MR) is 71.1 cm³/mol. The summed E-state index contributed by atoms with van der Waals surface area (Å²) >= 11 is 0. The Balaban J connectivity index is 1.90. The standard InChI is InChI=1S/C14H25N3O/c1-3-4-5-11-6-8-12(9-7-11)14-16-15-13(10-18)17(14)2/h11-12,18H,3-10H2,1-2H3. The first-order chi connectivity index (χ1) is 8.76. The third-order valence-electron chi connectivity index (χ3n) is 4.32. The van der Waals surface area contributed by atoms with Crippen molar-refractivity contribution in [3.05, 3.63) is 11.6 Å². The van der Waals surface area contributed by atoms with Crippen LogP contribution in [0.15, 0.2) is 0 Å². The minimum Gasteiger partial charge on any atom is -0.388 e. The summed E-state index contributed by atoms with van der Waals surface area (Å²) in [5.41, 5.74) is 0. The van der Waals surface area contributed by atoms with E-state index in [9.17, 15) is 0 Å². The van der Waals surface area contributed by atoms with Crippen LogP contribution in [0.1, 0.15) is 69.4 Å². The number of hydrogen-bond donors (Lipinski definition) is 1. The first kappa shape index (κ1) is 13.5. The largest absolute Gasteiger partial charge is 0.388 e. The Hall–Kier alpha value is -0.900. The molecule has 1 aliphatic rings. The molecule has 1 aliphatic carbocycles. The van der Waals surface area contributed by atoms with Gasteiger partial charge in [0.15, 0.2) is 5.82 Å². The SMILES string of the molecule is CCCCC1CCC(c2nnc(CO)n2C)CC1. The summed E-state index contributed by atoms with van der Waals surface area (Å²) in [5, 5.41) is 17.4. The summed E-state index contributed by atoms with van der Waals surface area (Å²) in [6.45, 7) is 2.25. The van der Waals surface area contributed by atoms with Crippen LogP contribution in [0.2, 0.25) is 0 Å². The Morgan fingerprint density at radius 1 is 1.22 bits per heavy atom. The van der Waals surface area contributed by atoms with E-state index in [1.165, 1.54) is 44.9 Å². The van der Waals surface area contributed by atoms with E-state index < -0.39 is 0 Å². The number of rotatable bonds is 5. The quantitative estimate of drug-likeness (QED) is 0.875. The van der Waals surface area contributed by atoms with Crippen LogP contribution >= 0.6 is 0 Å². The molecular weight excluding hydrogens is 226 g/mol. The highest BCUT2D eigenvalue weighted by molar-refractivity contribution is 5.02. The van der Waals surface area contributed by atoms with Crippen molar-refractivity contribution in [1.29, 1.82) is 0 Å². The van der Waals surface area contributed by atoms with Crippen molar-refractivity contribution in [2.75, 3.05) is 0 Å². The van der Waals surface area contributed by atoms with Crippen LogP contribution in [0.5, 0.6) is 0 Å². The van der Waals surface area contributed by atoms with Gasteiger partial charge in [-0.15, -0.1) is 10.2 Å². The molecule has 4 heteroatoms. The molecule has 1 saturated carbocycles. The van der Waals surface area contributed by atoms with E-state index in [4.69, 9.17) is 5.11 Å². The maximum Gasteiger partial charge on any atom is 0.158 e.